The zero-order chi connectivity index (χ0) is 9.80. The van der Waals surface area contributed by atoms with E-state index in [2.05, 4.69) is 38.8 Å². The summed E-state index contributed by atoms with van der Waals surface area (Å²) in [5, 5.41) is 0.933. The van der Waals surface area contributed by atoms with E-state index in [9.17, 15) is 0 Å². The number of benzene rings is 1. The van der Waals surface area contributed by atoms with Gasteiger partial charge in [0.15, 0.2) is 0 Å². The fourth-order valence-electron chi connectivity index (χ4n) is 1.14. The Labute approximate surface area is 95.3 Å². The second-order valence-corrected chi connectivity index (χ2v) is 4.45. The van der Waals surface area contributed by atoms with Crippen LogP contribution in [0.4, 0.5) is 0 Å². The van der Waals surface area contributed by atoms with Gasteiger partial charge < -0.3 is 0 Å². The highest BCUT2D eigenvalue weighted by Crippen LogP contribution is 2.18. The van der Waals surface area contributed by atoms with Crippen LogP contribution in [0.25, 0.3) is 10.2 Å². The van der Waals surface area contributed by atoms with E-state index < -0.39 is 0 Å². The van der Waals surface area contributed by atoms with E-state index in [1.165, 1.54) is 4.70 Å². The van der Waals surface area contributed by atoms with Crippen molar-refractivity contribution in [2.45, 2.75) is 6.42 Å². The topological polar surface area (TPSA) is 12.9 Å². The number of nitrogens with zero attached hydrogens (tertiary/aromatic N) is 1. The second-order valence-electron chi connectivity index (χ2n) is 2.78. The van der Waals surface area contributed by atoms with E-state index in [-0.39, 0.29) is 0 Å². The molecule has 0 aliphatic rings. The number of fused-ring (bicyclic) bond motifs is 1. The van der Waals surface area contributed by atoms with Gasteiger partial charge in [-0.1, -0.05) is 27.8 Å². The van der Waals surface area contributed by atoms with Crippen LogP contribution in [0.1, 0.15) is 12.0 Å². The van der Waals surface area contributed by atoms with Crippen LogP contribution < -0.4 is 0 Å². The molecule has 2 aromatic rings. The molecule has 1 heterocycles. The largest absolute Gasteiger partial charge is 0.245 e. The van der Waals surface area contributed by atoms with Crippen molar-refractivity contribution in [3.8, 4) is 11.8 Å². The summed E-state index contributed by atoms with van der Waals surface area (Å²) < 4.78 is 1.20. The first-order valence-electron chi connectivity index (χ1n) is 4.28. The molecule has 0 spiro atoms. The monoisotopic (exact) mass is 265 g/mol. The van der Waals surface area contributed by atoms with Gasteiger partial charge in [0.25, 0.3) is 0 Å². The molecule has 1 aromatic heterocycles. The van der Waals surface area contributed by atoms with Crippen molar-refractivity contribution < 1.29 is 0 Å². The van der Waals surface area contributed by atoms with Crippen molar-refractivity contribution in [3.63, 3.8) is 0 Å². The first-order valence-corrected chi connectivity index (χ1v) is 6.28. The highest BCUT2D eigenvalue weighted by atomic mass is 79.9. The van der Waals surface area contributed by atoms with Gasteiger partial charge in [-0.05, 0) is 18.2 Å². The van der Waals surface area contributed by atoms with Crippen molar-refractivity contribution in [1.82, 2.24) is 4.98 Å². The number of rotatable bonds is 1. The summed E-state index contributed by atoms with van der Waals surface area (Å²) in [4.78, 5) is 4.22. The van der Waals surface area contributed by atoms with E-state index >= 15 is 0 Å². The third-order valence-electron chi connectivity index (χ3n) is 1.78. The molecular weight excluding hydrogens is 258 g/mol. The molecular formula is C11H8BrNS. The van der Waals surface area contributed by atoms with Gasteiger partial charge in [-0.25, -0.2) is 4.98 Å². The van der Waals surface area contributed by atoms with Crippen LogP contribution in [-0.2, 0) is 0 Å². The minimum absolute atomic E-state index is 0.890. The summed E-state index contributed by atoms with van der Waals surface area (Å²) >= 11 is 5.00. The van der Waals surface area contributed by atoms with Gasteiger partial charge in [0, 0.05) is 17.3 Å². The number of hydrogen-bond donors (Lipinski definition) is 0. The molecule has 0 fully saturated rings. The quantitative estimate of drug-likeness (QED) is 0.569. The minimum Gasteiger partial charge on any atom is -0.245 e. The van der Waals surface area contributed by atoms with Gasteiger partial charge in [-0.2, -0.15) is 0 Å². The van der Waals surface area contributed by atoms with E-state index in [1.54, 1.807) is 11.3 Å². The maximum atomic E-state index is 4.22. The molecule has 14 heavy (non-hydrogen) atoms. The molecule has 1 nitrogen and oxygen atoms in total. The Balaban J connectivity index is 2.31. The molecule has 0 aliphatic carbocycles. The van der Waals surface area contributed by atoms with Crippen molar-refractivity contribution >= 4 is 37.5 Å². The molecule has 2 rings (SSSR count). The van der Waals surface area contributed by atoms with Crippen LogP contribution in [0.15, 0.2) is 23.7 Å². The Morgan fingerprint density at radius 3 is 3.21 bits per heavy atom. The zero-order valence-corrected chi connectivity index (χ0v) is 9.86. The molecule has 0 saturated heterocycles. The Bertz CT molecular complexity index is 492. The normalized spacial score (nSPS) is 9.79. The third-order valence-corrected chi connectivity index (χ3v) is 2.97. The molecule has 0 amide bonds. The summed E-state index contributed by atoms with van der Waals surface area (Å²) in [5.41, 5.74) is 3.99. The molecule has 1 aromatic carbocycles. The van der Waals surface area contributed by atoms with Gasteiger partial charge in [0.2, 0.25) is 0 Å². The lowest BCUT2D eigenvalue weighted by Crippen LogP contribution is -1.74. The van der Waals surface area contributed by atoms with E-state index in [0.717, 1.165) is 22.8 Å². The predicted octanol–water partition coefficient (Wildman–Crippen LogP) is 3.43. The lowest BCUT2D eigenvalue weighted by Gasteiger charge is -1.89. The minimum atomic E-state index is 0.890. The first kappa shape index (κ1) is 9.70. The van der Waals surface area contributed by atoms with E-state index in [4.69, 9.17) is 0 Å². The first-order chi connectivity index (χ1) is 6.90. The van der Waals surface area contributed by atoms with Crippen molar-refractivity contribution in [2.75, 3.05) is 5.33 Å². The average Bonchev–Trinajstić information content (AvgIpc) is 2.65. The zero-order valence-electron chi connectivity index (χ0n) is 7.46. The van der Waals surface area contributed by atoms with E-state index in [1.807, 2.05) is 17.6 Å². The maximum Gasteiger partial charge on any atom is 0.0812 e. The summed E-state index contributed by atoms with van der Waals surface area (Å²) in [6.45, 7) is 0. The maximum absolute atomic E-state index is 4.22. The molecule has 0 bridgehead atoms. The standard InChI is InChI=1S/C11H8BrNS/c12-6-2-1-3-9-4-5-10-11(7-9)14-8-13-10/h4-5,7-8H,2,6H2. The SMILES string of the molecule is BrCCC#Cc1ccc2ncsc2c1. The van der Waals surface area contributed by atoms with Crippen molar-refractivity contribution in [3.05, 3.63) is 29.3 Å². The highest BCUT2D eigenvalue weighted by molar-refractivity contribution is 9.09. The van der Waals surface area contributed by atoms with Gasteiger partial charge in [0.1, 0.15) is 0 Å². The fourth-order valence-corrected chi connectivity index (χ4v) is 2.06. The number of thiazole rings is 1. The smallest absolute Gasteiger partial charge is 0.0812 e. The molecule has 0 atom stereocenters. The van der Waals surface area contributed by atoms with Crippen LogP contribution >= 0.6 is 27.3 Å². The lowest BCUT2D eigenvalue weighted by atomic mass is 10.2. The summed E-state index contributed by atoms with van der Waals surface area (Å²) in [6.07, 6.45) is 0.890. The Hall–Kier alpha value is -0.850. The Morgan fingerprint density at radius 1 is 1.43 bits per heavy atom. The van der Waals surface area contributed by atoms with E-state index in [0.29, 0.717) is 0 Å². The molecule has 0 radical (unpaired) electrons. The Kier molecular flexibility index (Phi) is 3.18. The molecule has 3 heteroatoms. The Morgan fingerprint density at radius 2 is 2.36 bits per heavy atom. The van der Waals surface area contributed by atoms with Crippen LogP contribution in [-0.4, -0.2) is 10.3 Å². The van der Waals surface area contributed by atoms with Crippen LogP contribution in [0.3, 0.4) is 0 Å². The van der Waals surface area contributed by atoms with Gasteiger partial charge in [0.05, 0.1) is 15.7 Å². The number of alkyl halides is 1. The van der Waals surface area contributed by atoms with Gasteiger partial charge in [-0.15, -0.1) is 11.3 Å². The average molecular weight is 266 g/mol. The van der Waals surface area contributed by atoms with Gasteiger partial charge >= 0.3 is 0 Å². The lowest BCUT2D eigenvalue weighted by molar-refractivity contribution is 1.32. The second kappa shape index (κ2) is 4.59. The number of aromatic nitrogens is 1. The fraction of sp³-hybridized carbons (Fsp3) is 0.182. The number of hydrogen-bond acceptors (Lipinski definition) is 2. The van der Waals surface area contributed by atoms with Crippen molar-refractivity contribution in [1.29, 1.82) is 0 Å². The summed E-state index contributed by atoms with van der Waals surface area (Å²) in [5.74, 6) is 6.22. The molecule has 70 valence electrons. The highest BCUT2D eigenvalue weighted by Gasteiger charge is 1.95. The molecule has 0 N–H and O–H groups in total. The van der Waals surface area contributed by atoms with Gasteiger partial charge in [-0.3, -0.25) is 0 Å². The number of halogens is 1. The predicted molar refractivity (Wildman–Crippen MR) is 64.9 cm³/mol. The summed E-state index contributed by atoms with van der Waals surface area (Å²) in [6, 6.07) is 6.13. The third kappa shape index (κ3) is 2.14. The van der Waals surface area contributed by atoms with Crippen LogP contribution in [0, 0.1) is 11.8 Å². The van der Waals surface area contributed by atoms with Crippen LogP contribution in [0.5, 0.6) is 0 Å². The van der Waals surface area contributed by atoms with Crippen LogP contribution in [0.2, 0.25) is 0 Å². The molecule has 0 saturated carbocycles. The van der Waals surface area contributed by atoms with Crippen molar-refractivity contribution in [2.24, 2.45) is 0 Å². The molecule has 0 aliphatic heterocycles. The molecule has 0 unspecified atom stereocenters. The summed E-state index contributed by atoms with van der Waals surface area (Å²) in [7, 11) is 0.